The number of hydrogen-bond acceptors (Lipinski definition) is 5. The predicted octanol–water partition coefficient (Wildman–Crippen LogP) is 2.55. The van der Waals surface area contributed by atoms with Crippen LogP contribution in [0.3, 0.4) is 0 Å². The van der Waals surface area contributed by atoms with Crippen LogP contribution in [0.1, 0.15) is 12.5 Å². The van der Waals surface area contributed by atoms with E-state index in [9.17, 15) is 26.7 Å². The summed E-state index contributed by atoms with van der Waals surface area (Å²) < 4.78 is 65.8. The number of halogens is 3. The van der Waals surface area contributed by atoms with Crippen LogP contribution >= 0.6 is 0 Å². The summed E-state index contributed by atoms with van der Waals surface area (Å²) >= 11 is 0. The third-order valence-corrected chi connectivity index (χ3v) is 7.09. The molecule has 2 aromatic rings. The Labute approximate surface area is 167 Å². The van der Waals surface area contributed by atoms with Gasteiger partial charge in [-0.2, -0.15) is 17.5 Å². The molecule has 0 bridgehead atoms. The molecule has 3 rings (SSSR count). The Morgan fingerprint density at radius 2 is 1.52 bits per heavy atom. The summed E-state index contributed by atoms with van der Waals surface area (Å²) in [7, 11) is -3.72. The van der Waals surface area contributed by atoms with E-state index in [2.05, 4.69) is 0 Å². The maximum absolute atomic E-state index is 13.0. The zero-order chi connectivity index (χ0) is 21.4. The average molecular weight is 429 g/mol. The van der Waals surface area contributed by atoms with Crippen LogP contribution in [0.4, 0.5) is 24.5 Å². The molecule has 0 aliphatic carbocycles. The Morgan fingerprint density at radius 3 is 2.03 bits per heavy atom. The molecule has 1 unspecified atom stereocenters. The summed E-state index contributed by atoms with van der Waals surface area (Å²) in [6.07, 6.45) is -4.78. The number of alkyl halides is 3. The van der Waals surface area contributed by atoms with Crippen molar-refractivity contribution in [3.8, 4) is 0 Å². The lowest BCUT2D eigenvalue weighted by Crippen LogP contribution is -2.48. The number of benzene rings is 2. The molecule has 1 saturated heterocycles. The molecule has 158 valence electrons. The smallest absolute Gasteiger partial charge is 0.398 e. The SMILES string of the molecule is CC(O)(c1ccc(N2CCN(S(=O)(=O)c3ccccc3N)CC2)cc1)C(F)(F)F. The van der Waals surface area contributed by atoms with Gasteiger partial charge in [-0.05, 0) is 36.8 Å². The van der Waals surface area contributed by atoms with Gasteiger partial charge in [0.05, 0.1) is 5.69 Å². The summed E-state index contributed by atoms with van der Waals surface area (Å²) in [6, 6.07) is 11.7. The zero-order valence-corrected chi connectivity index (χ0v) is 16.5. The number of sulfonamides is 1. The molecule has 0 amide bonds. The number of aliphatic hydroxyl groups is 1. The van der Waals surface area contributed by atoms with Crippen LogP contribution < -0.4 is 10.6 Å². The van der Waals surface area contributed by atoms with Gasteiger partial charge in [0.15, 0.2) is 5.60 Å². The van der Waals surface area contributed by atoms with Gasteiger partial charge in [0.25, 0.3) is 0 Å². The van der Waals surface area contributed by atoms with Gasteiger partial charge in [0.1, 0.15) is 4.90 Å². The van der Waals surface area contributed by atoms with Gasteiger partial charge in [-0.25, -0.2) is 8.42 Å². The lowest BCUT2D eigenvalue weighted by Gasteiger charge is -2.36. The van der Waals surface area contributed by atoms with Crippen molar-refractivity contribution in [3.05, 3.63) is 54.1 Å². The molecule has 6 nitrogen and oxygen atoms in total. The standard InChI is InChI=1S/C19H22F3N3O3S/c1-18(26,19(20,21)22)14-6-8-15(9-7-14)24-10-12-25(13-11-24)29(27,28)17-5-3-2-4-16(17)23/h2-9,26H,10-13,23H2,1H3. The van der Waals surface area contributed by atoms with Crippen molar-refractivity contribution in [1.29, 1.82) is 0 Å². The molecule has 1 atom stereocenters. The maximum Gasteiger partial charge on any atom is 0.421 e. The Hall–Kier alpha value is -2.30. The first-order valence-electron chi connectivity index (χ1n) is 8.94. The minimum Gasteiger partial charge on any atom is -0.398 e. The van der Waals surface area contributed by atoms with E-state index in [1.165, 1.54) is 40.7 Å². The molecule has 29 heavy (non-hydrogen) atoms. The third-order valence-electron chi connectivity index (χ3n) is 5.12. The summed E-state index contributed by atoms with van der Waals surface area (Å²) in [5.41, 5.74) is 3.44. The van der Waals surface area contributed by atoms with Crippen LogP contribution in [-0.4, -0.2) is 50.2 Å². The number of nitrogen functional groups attached to an aromatic ring is 1. The van der Waals surface area contributed by atoms with E-state index in [-0.39, 0.29) is 29.2 Å². The quantitative estimate of drug-likeness (QED) is 0.730. The fraction of sp³-hybridized carbons (Fsp3) is 0.368. The van der Waals surface area contributed by atoms with Crippen molar-refractivity contribution < 1.29 is 26.7 Å². The molecular weight excluding hydrogens is 407 g/mol. The van der Waals surface area contributed by atoms with Gasteiger partial charge < -0.3 is 15.7 Å². The second-order valence-electron chi connectivity index (χ2n) is 7.05. The van der Waals surface area contributed by atoms with Crippen LogP contribution in [0.15, 0.2) is 53.4 Å². The zero-order valence-electron chi connectivity index (χ0n) is 15.7. The molecule has 0 saturated carbocycles. The van der Waals surface area contributed by atoms with Crippen LogP contribution in [0, 0.1) is 0 Å². The minimum atomic E-state index is -4.78. The van der Waals surface area contributed by atoms with Gasteiger partial charge >= 0.3 is 6.18 Å². The van der Waals surface area contributed by atoms with E-state index in [4.69, 9.17) is 5.73 Å². The molecule has 0 aromatic heterocycles. The number of piperazine rings is 1. The van der Waals surface area contributed by atoms with Gasteiger partial charge in [-0.3, -0.25) is 0 Å². The predicted molar refractivity (Wildman–Crippen MR) is 104 cm³/mol. The van der Waals surface area contributed by atoms with Gasteiger partial charge in [0, 0.05) is 31.9 Å². The highest BCUT2D eigenvalue weighted by atomic mass is 32.2. The molecule has 1 aliphatic rings. The fourth-order valence-corrected chi connectivity index (χ4v) is 4.74. The number of hydrogen-bond donors (Lipinski definition) is 2. The van der Waals surface area contributed by atoms with Crippen molar-refractivity contribution in [2.24, 2.45) is 0 Å². The fourth-order valence-electron chi connectivity index (χ4n) is 3.20. The molecular formula is C19H22F3N3O3S. The van der Waals surface area contributed by atoms with Crippen LogP contribution in [0.5, 0.6) is 0 Å². The highest BCUT2D eigenvalue weighted by molar-refractivity contribution is 7.89. The van der Waals surface area contributed by atoms with Gasteiger partial charge in [0.2, 0.25) is 10.0 Å². The van der Waals surface area contributed by atoms with Crippen molar-refractivity contribution in [2.75, 3.05) is 36.8 Å². The van der Waals surface area contributed by atoms with Gasteiger partial charge in [-0.1, -0.05) is 24.3 Å². The van der Waals surface area contributed by atoms with Crippen molar-refractivity contribution in [1.82, 2.24) is 4.31 Å². The van der Waals surface area contributed by atoms with E-state index < -0.39 is 21.8 Å². The first-order valence-corrected chi connectivity index (χ1v) is 10.4. The Morgan fingerprint density at radius 1 is 0.966 bits per heavy atom. The molecule has 10 heteroatoms. The van der Waals surface area contributed by atoms with E-state index in [0.29, 0.717) is 25.7 Å². The van der Waals surface area contributed by atoms with Crippen molar-refractivity contribution in [2.45, 2.75) is 23.6 Å². The molecule has 3 N–H and O–H groups in total. The molecule has 1 aliphatic heterocycles. The van der Waals surface area contributed by atoms with Crippen LogP contribution in [0.25, 0.3) is 0 Å². The van der Waals surface area contributed by atoms with Gasteiger partial charge in [-0.15, -0.1) is 0 Å². The highest BCUT2D eigenvalue weighted by Gasteiger charge is 2.51. The number of nitrogens with zero attached hydrogens (tertiary/aromatic N) is 2. The summed E-state index contributed by atoms with van der Waals surface area (Å²) in [4.78, 5) is 1.94. The second-order valence-corrected chi connectivity index (χ2v) is 8.95. The first-order chi connectivity index (χ1) is 13.4. The second kappa shape index (κ2) is 7.51. The number of nitrogens with two attached hydrogens (primary N) is 1. The Kier molecular flexibility index (Phi) is 5.54. The molecule has 1 heterocycles. The molecule has 2 aromatic carbocycles. The normalized spacial score (nSPS) is 18.4. The summed E-state index contributed by atoms with van der Waals surface area (Å²) in [6.45, 7) is 1.90. The lowest BCUT2D eigenvalue weighted by atomic mass is 9.95. The van der Waals surface area contributed by atoms with Crippen molar-refractivity contribution in [3.63, 3.8) is 0 Å². The lowest BCUT2D eigenvalue weighted by molar-refractivity contribution is -0.258. The number of para-hydroxylation sites is 1. The number of rotatable bonds is 4. The monoisotopic (exact) mass is 429 g/mol. The average Bonchev–Trinajstić information content (AvgIpc) is 2.67. The van der Waals surface area contributed by atoms with Crippen molar-refractivity contribution >= 4 is 21.4 Å². The largest absolute Gasteiger partial charge is 0.421 e. The molecule has 1 fully saturated rings. The topological polar surface area (TPSA) is 86.9 Å². The van der Waals surface area contributed by atoms with E-state index in [0.717, 1.165) is 0 Å². The highest BCUT2D eigenvalue weighted by Crippen LogP contribution is 2.39. The van der Waals surface area contributed by atoms with E-state index in [1.807, 2.05) is 4.90 Å². The maximum atomic E-state index is 13.0. The number of anilines is 2. The van der Waals surface area contributed by atoms with Crippen LogP contribution in [0.2, 0.25) is 0 Å². The third kappa shape index (κ3) is 4.05. The van der Waals surface area contributed by atoms with E-state index >= 15 is 0 Å². The van der Waals surface area contributed by atoms with E-state index in [1.54, 1.807) is 12.1 Å². The van der Waals surface area contributed by atoms with Crippen LogP contribution in [-0.2, 0) is 15.6 Å². The summed E-state index contributed by atoms with van der Waals surface area (Å²) in [5, 5.41) is 9.76. The molecule has 0 radical (unpaired) electrons. The molecule has 0 spiro atoms. The Balaban J connectivity index is 1.71. The first kappa shape index (κ1) is 21.4. The Bertz CT molecular complexity index is 968. The minimum absolute atomic E-state index is 0.0622. The summed E-state index contributed by atoms with van der Waals surface area (Å²) in [5.74, 6) is 0.